The number of rotatable bonds is 7. The third kappa shape index (κ3) is 4.08. The Morgan fingerprint density at radius 1 is 1.39 bits per heavy atom. The van der Waals surface area contributed by atoms with E-state index in [0.29, 0.717) is 6.54 Å². The Hall–Kier alpha value is -1.47. The maximum atomic E-state index is 11.8. The van der Waals surface area contributed by atoms with Crippen LogP contribution in [0.4, 0.5) is 0 Å². The molecule has 0 saturated carbocycles. The van der Waals surface area contributed by atoms with Crippen LogP contribution < -0.4 is 4.72 Å². The number of hydrogen-bond acceptors (Lipinski definition) is 4. The van der Waals surface area contributed by atoms with Crippen molar-refractivity contribution in [3.63, 3.8) is 0 Å². The Kier molecular flexibility index (Phi) is 5.24. The van der Waals surface area contributed by atoms with Crippen molar-refractivity contribution in [3.05, 3.63) is 23.9 Å². The number of sulfonamides is 1. The standard InChI is InChI=1S/C11H16N2O4S/c1-2-3-4-7-13-18(16,17)10-6-5-9(8-12-10)11(14)15/h5-6,8,13H,2-4,7H2,1H3,(H,14,15). The van der Waals surface area contributed by atoms with Gasteiger partial charge in [0, 0.05) is 12.7 Å². The van der Waals surface area contributed by atoms with Crippen LogP contribution in [0.3, 0.4) is 0 Å². The van der Waals surface area contributed by atoms with Crippen molar-refractivity contribution >= 4 is 16.0 Å². The molecule has 0 aliphatic heterocycles. The van der Waals surface area contributed by atoms with Gasteiger partial charge in [-0.15, -0.1) is 0 Å². The zero-order valence-electron chi connectivity index (χ0n) is 10.1. The molecule has 0 radical (unpaired) electrons. The molecule has 2 N–H and O–H groups in total. The number of pyridine rings is 1. The molecule has 7 heteroatoms. The molecule has 0 fully saturated rings. The molecule has 1 rings (SSSR count). The van der Waals surface area contributed by atoms with Crippen molar-refractivity contribution in [2.45, 2.75) is 31.2 Å². The van der Waals surface area contributed by atoms with Crippen LogP contribution in [0.1, 0.15) is 36.5 Å². The Morgan fingerprint density at radius 3 is 2.61 bits per heavy atom. The van der Waals surface area contributed by atoms with Crippen LogP contribution >= 0.6 is 0 Å². The fourth-order valence-corrected chi connectivity index (χ4v) is 2.32. The third-order valence-corrected chi connectivity index (χ3v) is 3.71. The van der Waals surface area contributed by atoms with E-state index in [4.69, 9.17) is 5.11 Å². The van der Waals surface area contributed by atoms with E-state index in [1.54, 1.807) is 0 Å². The maximum Gasteiger partial charge on any atom is 0.337 e. The maximum absolute atomic E-state index is 11.8. The summed E-state index contributed by atoms with van der Waals surface area (Å²) in [6.07, 6.45) is 3.76. The summed E-state index contributed by atoms with van der Waals surface area (Å²) >= 11 is 0. The van der Waals surface area contributed by atoms with Crippen molar-refractivity contribution in [1.82, 2.24) is 9.71 Å². The highest BCUT2D eigenvalue weighted by Crippen LogP contribution is 2.07. The molecule has 18 heavy (non-hydrogen) atoms. The number of aromatic carboxylic acids is 1. The highest BCUT2D eigenvalue weighted by Gasteiger charge is 2.15. The summed E-state index contributed by atoms with van der Waals surface area (Å²) in [6.45, 7) is 2.39. The summed E-state index contributed by atoms with van der Waals surface area (Å²) in [6, 6.07) is 2.40. The van der Waals surface area contributed by atoms with Gasteiger partial charge in [0.2, 0.25) is 0 Å². The number of unbranched alkanes of at least 4 members (excludes halogenated alkanes) is 2. The van der Waals surface area contributed by atoms with Crippen molar-refractivity contribution in [3.8, 4) is 0 Å². The van der Waals surface area contributed by atoms with Gasteiger partial charge in [-0.1, -0.05) is 19.8 Å². The first kappa shape index (κ1) is 14.6. The van der Waals surface area contributed by atoms with Crippen molar-refractivity contribution in [2.24, 2.45) is 0 Å². The smallest absolute Gasteiger partial charge is 0.337 e. The van der Waals surface area contributed by atoms with E-state index in [-0.39, 0.29) is 10.6 Å². The van der Waals surface area contributed by atoms with Crippen LogP contribution in [0.25, 0.3) is 0 Å². The van der Waals surface area contributed by atoms with Gasteiger partial charge >= 0.3 is 5.97 Å². The fraction of sp³-hybridized carbons (Fsp3) is 0.455. The second-order valence-electron chi connectivity index (χ2n) is 3.80. The zero-order valence-corrected chi connectivity index (χ0v) is 10.9. The lowest BCUT2D eigenvalue weighted by molar-refractivity contribution is 0.0696. The first-order valence-electron chi connectivity index (χ1n) is 5.66. The van der Waals surface area contributed by atoms with E-state index in [2.05, 4.69) is 9.71 Å². The normalized spacial score (nSPS) is 11.4. The van der Waals surface area contributed by atoms with E-state index in [0.717, 1.165) is 25.5 Å². The van der Waals surface area contributed by atoms with Gasteiger partial charge in [0.25, 0.3) is 10.0 Å². The van der Waals surface area contributed by atoms with Crippen LogP contribution in [0.15, 0.2) is 23.4 Å². The molecule has 1 heterocycles. The largest absolute Gasteiger partial charge is 0.478 e. The van der Waals surface area contributed by atoms with E-state index in [1.807, 2.05) is 6.92 Å². The molecule has 100 valence electrons. The molecule has 0 amide bonds. The summed E-state index contributed by atoms with van der Waals surface area (Å²) in [5.41, 5.74) is -0.0417. The predicted molar refractivity (Wildman–Crippen MR) is 65.9 cm³/mol. The van der Waals surface area contributed by atoms with Crippen molar-refractivity contribution in [1.29, 1.82) is 0 Å². The fourth-order valence-electron chi connectivity index (χ4n) is 1.32. The van der Waals surface area contributed by atoms with Gasteiger partial charge in [-0.2, -0.15) is 0 Å². The van der Waals surface area contributed by atoms with Gasteiger partial charge in [-0.05, 0) is 18.6 Å². The quantitative estimate of drug-likeness (QED) is 0.728. The van der Waals surface area contributed by atoms with E-state index in [9.17, 15) is 13.2 Å². The second kappa shape index (κ2) is 6.46. The summed E-state index contributed by atoms with van der Waals surface area (Å²) in [4.78, 5) is 14.2. The van der Waals surface area contributed by atoms with E-state index in [1.165, 1.54) is 12.1 Å². The average Bonchev–Trinajstić information content (AvgIpc) is 2.35. The number of aromatic nitrogens is 1. The number of hydrogen-bond donors (Lipinski definition) is 2. The number of nitrogens with zero attached hydrogens (tertiary/aromatic N) is 1. The summed E-state index contributed by atoms with van der Waals surface area (Å²) in [7, 11) is -3.64. The van der Waals surface area contributed by atoms with Crippen LogP contribution in [0.2, 0.25) is 0 Å². The second-order valence-corrected chi connectivity index (χ2v) is 5.51. The Labute approximate surface area is 106 Å². The van der Waals surface area contributed by atoms with Crippen molar-refractivity contribution < 1.29 is 18.3 Å². The van der Waals surface area contributed by atoms with E-state index >= 15 is 0 Å². The SMILES string of the molecule is CCCCCNS(=O)(=O)c1ccc(C(=O)O)cn1. The molecule has 0 aromatic carbocycles. The summed E-state index contributed by atoms with van der Waals surface area (Å²) in [5.74, 6) is -1.14. The minimum absolute atomic E-state index is 0.0417. The summed E-state index contributed by atoms with van der Waals surface area (Å²) in [5, 5.41) is 8.51. The summed E-state index contributed by atoms with van der Waals surface area (Å²) < 4.78 is 25.9. The van der Waals surface area contributed by atoms with Gasteiger partial charge in [0.05, 0.1) is 5.56 Å². The molecule has 0 bridgehead atoms. The number of nitrogens with one attached hydrogen (secondary N) is 1. The van der Waals surface area contributed by atoms with Gasteiger partial charge in [0.15, 0.2) is 5.03 Å². The molecule has 0 unspecified atom stereocenters. The third-order valence-electron chi connectivity index (χ3n) is 2.33. The Morgan fingerprint density at radius 2 is 2.11 bits per heavy atom. The first-order valence-corrected chi connectivity index (χ1v) is 7.14. The lowest BCUT2D eigenvalue weighted by Crippen LogP contribution is -2.25. The van der Waals surface area contributed by atoms with Crippen molar-refractivity contribution in [2.75, 3.05) is 6.54 Å². The number of carbonyl (C=O) groups is 1. The Balaban J connectivity index is 2.70. The number of carboxylic acids is 1. The zero-order chi connectivity index (χ0) is 13.6. The molecular weight excluding hydrogens is 256 g/mol. The van der Waals surface area contributed by atoms with Crippen LogP contribution in [-0.2, 0) is 10.0 Å². The highest BCUT2D eigenvalue weighted by atomic mass is 32.2. The minimum Gasteiger partial charge on any atom is -0.478 e. The monoisotopic (exact) mass is 272 g/mol. The topological polar surface area (TPSA) is 96.4 Å². The molecule has 0 saturated heterocycles. The predicted octanol–water partition coefficient (Wildman–Crippen LogP) is 1.25. The molecule has 1 aromatic rings. The van der Waals surface area contributed by atoms with Crippen LogP contribution in [-0.4, -0.2) is 31.0 Å². The van der Waals surface area contributed by atoms with Crippen LogP contribution in [0.5, 0.6) is 0 Å². The highest BCUT2D eigenvalue weighted by molar-refractivity contribution is 7.89. The molecule has 0 aliphatic carbocycles. The minimum atomic E-state index is -3.64. The van der Waals surface area contributed by atoms with Gasteiger partial charge in [-0.3, -0.25) is 0 Å². The Bertz CT molecular complexity index is 496. The average molecular weight is 272 g/mol. The molecule has 1 aromatic heterocycles. The van der Waals surface area contributed by atoms with Gasteiger partial charge in [0.1, 0.15) is 0 Å². The molecule has 0 atom stereocenters. The molecular formula is C11H16N2O4S. The van der Waals surface area contributed by atoms with Gasteiger partial charge in [-0.25, -0.2) is 22.9 Å². The molecule has 6 nitrogen and oxygen atoms in total. The number of carboxylic acid groups (broad SMARTS) is 1. The first-order chi connectivity index (χ1) is 8.47. The van der Waals surface area contributed by atoms with E-state index < -0.39 is 16.0 Å². The lowest BCUT2D eigenvalue weighted by Gasteiger charge is -2.05. The van der Waals surface area contributed by atoms with Crippen LogP contribution in [0, 0.1) is 0 Å². The lowest BCUT2D eigenvalue weighted by atomic mass is 10.3. The molecule has 0 spiro atoms. The van der Waals surface area contributed by atoms with Gasteiger partial charge < -0.3 is 5.11 Å². The molecule has 0 aliphatic rings.